The van der Waals surface area contributed by atoms with Crippen molar-refractivity contribution in [2.24, 2.45) is 0 Å². The fourth-order valence-electron chi connectivity index (χ4n) is 2.29. The molecule has 1 aromatic heterocycles. The van der Waals surface area contributed by atoms with Crippen LogP contribution in [-0.4, -0.2) is 28.5 Å². The number of amides is 1. The first-order chi connectivity index (χ1) is 11.5. The van der Waals surface area contributed by atoms with E-state index in [0.717, 1.165) is 5.56 Å². The van der Waals surface area contributed by atoms with Crippen molar-refractivity contribution in [1.82, 2.24) is 9.97 Å². The number of benzene rings is 2. The summed E-state index contributed by atoms with van der Waals surface area (Å²) in [5, 5.41) is 2.61. The van der Waals surface area contributed by atoms with Gasteiger partial charge in [-0.3, -0.25) is 4.79 Å². The molecule has 0 aliphatic carbocycles. The molecule has 0 aliphatic heterocycles. The number of rotatable bonds is 4. The first-order valence-corrected chi connectivity index (χ1v) is 7.27. The zero-order chi connectivity index (χ0) is 17.1. The number of fused-ring (bicyclic) bond motifs is 1. The zero-order valence-corrected chi connectivity index (χ0v) is 12.9. The Morgan fingerprint density at radius 1 is 1.08 bits per heavy atom. The monoisotopic (exact) mass is 325 g/mol. The van der Waals surface area contributed by atoms with E-state index < -0.39 is 18.5 Å². The Balaban J connectivity index is 1.60. The quantitative estimate of drug-likeness (QED) is 0.638. The maximum absolute atomic E-state index is 11.9. The molecule has 1 heterocycles. The minimum Gasteiger partial charge on any atom is -0.452 e. The molecule has 122 valence electrons. The average molecular weight is 325 g/mol. The molecule has 7 heteroatoms. The molecule has 3 aromatic rings. The van der Waals surface area contributed by atoms with Crippen LogP contribution in [0.1, 0.15) is 15.9 Å². The van der Waals surface area contributed by atoms with Gasteiger partial charge in [0.2, 0.25) is 0 Å². The SMILES string of the molecule is Cc1cccc(C(=O)OCC(=O)Nc2ccc3[nH]c(=O)[nH]c3c2)c1. The molecule has 0 radical (unpaired) electrons. The molecule has 3 rings (SSSR count). The summed E-state index contributed by atoms with van der Waals surface area (Å²) in [5.41, 5.74) is 2.73. The van der Waals surface area contributed by atoms with Crippen molar-refractivity contribution >= 4 is 28.6 Å². The van der Waals surface area contributed by atoms with Crippen LogP contribution in [0, 0.1) is 6.92 Å². The van der Waals surface area contributed by atoms with E-state index in [0.29, 0.717) is 22.3 Å². The van der Waals surface area contributed by atoms with Crippen LogP contribution >= 0.6 is 0 Å². The molecule has 0 saturated carbocycles. The lowest BCUT2D eigenvalue weighted by Crippen LogP contribution is -2.20. The van der Waals surface area contributed by atoms with Crippen molar-refractivity contribution in [2.45, 2.75) is 6.92 Å². The number of hydrogen-bond donors (Lipinski definition) is 3. The summed E-state index contributed by atoms with van der Waals surface area (Å²) < 4.78 is 4.99. The molecule has 2 aromatic carbocycles. The number of aromatic amines is 2. The Kier molecular flexibility index (Phi) is 4.15. The van der Waals surface area contributed by atoms with Gasteiger partial charge < -0.3 is 20.0 Å². The summed E-state index contributed by atoms with van der Waals surface area (Å²) in [6.45, 7) is 1.47. The summed E-state index contributed by atoms with van der Waals surface area (Å²) in [7, 11) is 0. The van der Waals surface area contributed by atoms with Gasteiger partial charge in [-0.15, -0.1) is 0 Å². The van der Waals surface area contributed by atoms with E-state index in [4.69, 9.17) is 4.74 Å². The van der Waals surface area contributed by atoms with E-state index in [1.165, 1.54) is 0 Å². The predicted molar refractivity (Wildman–Crippen MR) is 89.0 cm³/mol. The van der Waals surface area contributed by atoms with Gasteiger partial charge in [0.1, 0.15) is 0 Å². The van der Waals surface area contributed by atoms with Gasteiger partial charge in [0.05, 0.1) is 16.6 Å². The molecule has 0 aliphatic rings. The van der Waals surface area contributed by atoms with Crippen molar-refractivity contribution in [3.8, 4) is 0 Å². The molecule has 3 N–H and O–H groups in total. The lowest BCUT2D eigenvalue weighted by molar-refractivity contribution is -0.119. The van der Waals surface area contributed by atoms with Gasteiger partial charge in [0, 0.05) is 5.69 Å². The molecule has 0 bridgehead atoms. The molecule has 0 spiro atoms. The number of hydrogen-bond acceptors (Lipinski definition) is 4. The first kappa shape index (κ1) is 15.5. The molecule has 0 saturated heterocycles. The first-order valence-electron chi connectivity index (χ1n) is 7.27. The number of esters is 1. The van der Waals surface area contributed by atoms with Gasteiger partial charge in [0.15, 0.2) is 6.61 Å². The largest absolute Gasteiger partial charge is 0.452 e. The molecule has 7 nitrogen and oxygen atoms in total. The van der Waals surface area contributed by atoms with Crippen molar-refractivity contribution in [3.63, 3.8) is 0 Å². The number of anilines is 1. The molecule has 24 heavy (non-hydrogen) atoms. The highest BCUT2D eigenvalue weighted by Gasteiger charge is 2.11. The molecular weight excluding hydrogens is 310 g/mol. The standard InChI is InChI=1S/C17H15N3O4/c1-10-3-2-4-11(7-10)16(22)24-9-15(21)18-12-5-6-13-14(8-12)20-17(23)19-13/h2-8H,9H2,1H3,(H,18,21)(H2,19,20,23). The molecule has 0 fully saturated rings. The van der Waals surface area contributed by atoms with Gasteiger partial charge in [-0.1, -0.05) is 17.7 Å². The Hall–Kier alpha value is -3.35. The van der Waals surface area contributed by atoms with Gasteiger partial charge in [-0.2, -0.15) is 0 Å². The number of ether oxygens (including phenoxy) is 1. The smallest absolute Gasteiger partial charge is 0.338 e. The molecular formula is C17H15N3O4. The summed E-state index contributed by atoms with van der Waals surface area (Å²) in [6, 6.07) is 11.9. The van der Waals surface area contributed by atoms with E-state index in [1.54, 1.807) is 36.4 Å². The topological polar surface area (TPSA) is 104 Å². The molecule has 0 atom stereocenters. The highest BCUT2D eigenvalue weighted by Crippen LogP contribution is 2.14. The third-order valence-corrected chi connectivity index (χ3v) is 3.39. The van der Waals surface area contributed by atoms with Crippen LogP contribution in [0.3, 0.4) is 0 Å². The molecule has 1 amide bonds. The van der Waals surface area contributed by atoms with E-state index in [-0.39, 0.29) is 5.69 Å². The van der Waals surface area contributed by atoms with Crippen molar-refractivity contribution in [3.05, 3.63) is 64.1 Å². The third kappa shape index (κ3) is 3.52. The summed E-state index contributed by atoms with van der Waals surface area (Å²) in [4.78, 5) is 40.2. The third-order valence-electron chi connectivity index (χ3n) is 3.39. The van der Waals surface area contributed by atoms with Gasteiger partial charge in [0.25, 0.3) is 5.91 Å². The van der Waals surface area contributed by atoms with E-state index in [1.807, 2.05) is 13.0 Å². The number of aromatic nitrogens is 2. The Morgan fingerprint density at radius 2 is 1.88 bits per heavy atom. The molecule has 0 unspecified atom stereocenters. The van der Waals surface area contributed by atoms with Crippen LogP contribution in [0.25, 0.3) is 11.0 Å². The number of imidazole rings is 1. The average Bonchev–Trinajstić information content (AvgIpc) is 2.92. The maximum atomic E-state index is 11.9. The fraction of sp³-hybridized carbons (Fsp3) is 0.118. The van der Waals surface area contributed by atoms with E-state index >= 15 is 0 Å². The maximum Gasteiger partial charge on any atom is 0.338 e. The van der Waals surface area contributed by atoms with Gasteiger partial charge >= 0.3 is 11.7 Å². The van der Waals surface area contributed by atoms with Crippen molar-refractivity contribution in [2.75, 3.05) is 11.9 Å². The lowest BCUT2D eigenvalue weighted by Gasteiger charge is -2.07. The number of H-pyrrole nitrogens is 2. The second-order valence-electron chi connectivity index (χ2n) is 5.33. The van der Waals surface area contributed by atoms with E-state index in [9.17, 15) is 14.4 Å². The second-order valence-corrected chi connectivity index (χ2v) is 5.33. The number of carbonyl (C=O) groups is 2. The Morgan fingerprint density at radius 3 is 2.67 bits per heavy atom. The van der Waals surface area contributed by atoms with Crippen LogP contribution in [0.5, 0.6) is 0 Å². The van der Waals surface area contributed by atoms with E-state index in [2.05, 4.69) is 15.3 Å². The highest BCUT2D eigenvalue weighted by atomic mass is 16.5. The van der Waals surface area contributed by atoms with Crippen molar-refractivity contribution < 1.29 is 14.3 Å². The lowest BCUT2D eigenvalue weighted by atomic mass is 10.1. The number of aryl methyl sites for hydroxylation is 1. The number of carbonyl (C=O) groups excluding carboxylic acids is 2. The minimum absolute atomic E-state index is 0.319. The minimum atomic E-state index is -0.556. The summed E-state index contributed by atoms with van der Waals surface area (Å²) in [6.07, 6.45) is 0. The normalized spacial score (nSPS) is 10.5. The van der Waals surface area contributed by atoms with Gasteiger partial charge in [-0.05, 0) is 37.3 Å². The zero-order valence-electron chi connectivity index (χ0n) is 12.9. The number of nitrogens with one attached hydrogen (secondary N) is 3. The van der Waals surface area contributed by atoms with Crippen LogP contribution in [0.15, 0.2) is 47.3 Å². The summed E-state index contributed by atoms with van der Waals surface area (Å²) in [5.74, 6) is -1.02. The van der Waals surface area contributed by atoms with Crippen molar-refractivity contribution in [1.29, 1.82) is 0 Å². The van der Waals surface area contributed by atoms with Crippen LogP contribution in [0.4, 0.5) is 5.69 Å². The Labute approximate surface area is 136 Å². The Bertz CT molecular complexity index is 971. The fourth-order valence-corrected chi connectivity index (χ4v) is 2.29. The predicted octanol–water partition coefficient (Wildman–Crippen LogP) is 1.96. The van der Waals surface area contributed by atoms with Crippen LogP contribution in [-0.2, 0) is 9.53 Å². The second kappa shape index (κ2) is 6.41. The summed E-state index contributed by atoms with van der Waals surface area (Å²) >= 11 is 0. The van der Waals surface area contributed by atoms with Crippen LogP contribution in [0.2, 0.25) is 0 Å². The van der Waals surface area contributed by atoms with Gasteiger partial charge in [-0.25, -0.2) is 9.59 Å². The highest BCUT2D eigenvalue weighted by molar-refractivity contribution is 5.96. The van der Waals surface area contributed by atoms with Crippen LogP contribution < -0.4 is 11.0 Å².